The lowest BCUT2D eigenvalue weighted by atomic mass is 9.86. The van der Waals surface area contributed by atoms with Gasteiger partial charge in [0.25, 0.3) is 0 Å². The number of fused-ring (bicyclic) bond motifs is 1. The van der Waals surface area contributed by atoms with Crippen molar-refractivity contribution >= 4 is 11.7 Å². The molecule has 6 heteroatoms. The zero-order chi connectivity index (χ0) is 26.6. The molecule has 37 heavy (non-hydrogen) atoms. The molecule has 5 nitrogen and oxygen atoms in total. The predicted octanol–water partition coefficient (Wildman–Crippen LogP) is 6.71. The molecule has 1 aliphatic carbocycles. The second-order valence-corrected chi connectivity index (χ2v) is 11.5. The van der Waals surface area contributed by atoms with E-state index in [1.54, 1.807) is 12.3 Å². The number of carbonyl (C=O) groups is 1. The minimum absolute atomic E-state index is 0.0541. The largest absolute Gasteiger partial charge is 0.362 e. The van der Waals surface area contributed by atoms with Gasteiger partial charge in [-0.05, 0) is 71.8 Å². The summed E-state index contributed by atoms with van der Waals surface area (Å²) in [7, 11) is 0. The Morgan fingerprint density at radius 1 is 1.19 bits per heavy atom. The van der Waals surface area contributed by atoms with Crippen molar-refractivity contribution in [2.24, 2.45) is 0 Å². The molecule has 2 N–H and O–H groups in total. The molecule has 2 unspecified atom stereocenters. The standard InChI is InChI=1S/C31H40FN3O2/c1-6-8-28(33-24-16-13-22-9-7-10-27(32)25(22)18-24)30(36)34-29-26(19-37-35-29)20(2)17-21-11-14-23(15-12-21)31(3,4)5/h7,9-12,14-15,19-20,24,28,33H,6,8,13,16-18H2,1-5H3,(H,34,35,36)/t20?,24?,28-/m0/s1. The van der Waals surface area contributed by atoms with E-state index in [0.29, 0.717) is 18.7 Å². The van der Waals surface area contributed by atoms with Crippen molar-refractivity contribution in [3.63, 3.8) is 0 Å². The first-order valence-electron chi connectivity index (χ1n) is 13.5. The molecule has 0 saturated heterocycles. The van der Waals surface area contributed by atoms with Gasteiger partial charge in [-0.2, -0.15) is 0 Å². The van der Waals surface area contributed by atoms with E-state index in [-0.39, 0.29) is 35.1 Å². The van der Waals surface area contributed by atoms with E-state index in [1.165, 1.54) is 17.2 Å². The maximum absolute atomic E-state index is 14.4. The van der Waals surface area contributed by atoms with E-state index in [4.69, 9.17) is 4.52 Å². The average molecular weight is 506 g/mol. The quantitative estimate of drug-likeness (QED) is 0.339. The van der Waals surface area contributed by atoms with Gasteiger partial charge in [0, 0.05) is 11.6 Å². The number of aromatic nitrogens is 1. The zero-order valence-corrected chi connectivity index (χ0v) is 22.7. The first kappa shape index (κ1) is 27.1. The molecule has 1 amide bonds. The third-order valence-electron chi connectivity index (χ3n) is 7.49. The van der Waals surface area contributed by atoms with E-state index in [1.807, 2.05) is 6.07 Å². The van der Waals surface area contributed by atoms with Crippen molar-refractivity contribution in [3.05, 3.63) is 82.4 Å². The number of anilines is 1. The number of hydrogen-bond acceptors (Lipinski definition) is 4. The number of carbonyl (C=O) groups excluding carboxylic acids is 1. The van der Waals surface area contributed by atoms with Crippen molar-refractivity contribution in [1.82, 2.24) is 10.5 Å². The highest BCUT2D eigenvalue weighted by Gasteiger charge is 2.27. The second kappa shape index (κ2) is 11.6. The summed E-state index contributed by atoms with van der Waals surface area (Å²) in [5, 5.41) is 10.6. The van der Waals surface area contributed by atoms with Crippen LogP contribution < -0.4 is 10.6 Å². The van der Waals surface area contributed by atoms with E-state index in [9.17, 15) is 9.18 Å². The highest BCUT2D eigenvalue weighted by Crippen LogP contribution is 2.29. The highest BCUT2D eigenvalue weighted by molar-refractivity contribution is 5.94. The number of nitrogens with zero attached hydrogens (tertiary/aromatic N) is 1. The Balaban J connectivity index is 1.40. The van der Waals surface area contributed by atoms with Crippen LogP contribution in [0, 0.1) is 5.82 Å². The van der Waals surface area contributed by atoms with Crippen molar-refractivity contribution in [2.45, 2.75) is 96.6 Å². The molecule has 0 saturated carbocycles. The summed E-state index contributed by atoms with van der Waals surface area (Å²) < 4.78 is 19.6. The zero-order valence-electron chi connectivity index (χ0n) is 22.7. The average Bonchev–Trinajstić information content (AvgIpc) is 3.32. The van der Waals surface area contributed by atoms with Crippen LogP contribution in [-0.2, 0) is 29.5 Å². The third-order valence-corrected chi connectivity index (χ3v) is 7.49. The number of hydrogen-bond donors (Lipinski definition) is 2. The van der Waals surface area contributed by atoms with Gasteiger partial charge in [0.1, 0.15) is 12.1 Å². The van der Waals surface area contributed by atoms with Crippen LogP contribution in [0.2, 0.25) is 0 Å². The minimum atomic E-state index is -0.381. The number of amides is 1. The van der Waals surface area contributed by atoms with Crippen molar-refractivity contribution in [3.8, 4) is 0 Å². The SMILES string of the molecule is CCC[C@H](NC1CCc2cccc(F)c2C1)C(=O)Nc1nocc1C(C)Cc1ccc(C(C)(C)C)cc1. The summed E-state index contributed by atoms with van der Waals surface area (Å²) in [6, 6.07) is 13.7. The Morgan fingerprint density at radius 3 is 2.65 bits per heavy atom. The number of halogens is 1. The second-order valence-electron chi connectivity index (χ2n) is 11.5. The Hall–Kier alpha value is -2.99. The first-order chi connectivity index (χ1) is 17.7. The van der Waals surface area contributed by atoms with E-state index in [0.717, 1.165) is 42.4 Å². The van der Waals surface area contributed by atoms with Crippen LogP contribution in [0.25, 0.3) is 0 Å². The molecule has 1 heterocycles. The molecule has 0 spiro atoms. The third kappa shape index (κ3) is 6.67. The molecule has 4 rings (SSSR count). The summed E-state index contributed by atoms with van der Waals surface area (Å²) in [6.07, 6.45) is 6.28. The van der Waals surface area contributed by atoms with Gasteiger partial charge in [-0.1, -0.05) is 82.6 Å². The molecule has 2 aromatic carbocycles. The molecule has 0 bridgehead atoms. The molecule has 0 radical (unpaired) electrons. The summed E-state index contributed by atoms with van der Waals surface area (Å²) in [4.78, 5) is 13.3. The maximum atomic E-state index is 14.4. The molecule has 3 atom stereocenters. The lowest BCUT2D eigenvalue weighted by Crippen LogP contribution is -2.48. The molecular weight excluding hydrogens is 465 g/mol. The van der Waals surface area contributed by atoms with Gasteiger partial charge in [0.05, 0.1) is 6.04 Å². The topological polar surface area (TPSA) is 67.2 Å². The van der Waals surface area contributed by atoms with Gasteiger partial charge in [-0.25, -0.2) is 4.39 Å². The molecular formula is C31H40FN3O2. The molecule has 3 aromatic rings. The number of benzene rings is 2. The Kier molecular flexibility index (Phi) is 8.48. The fourth-order valence-electron chi connectivity index (χ4n) is 5.25. The lowest BCUT2D eigenvalue weighted by molar-refractivity contribution is -0.118. The predicted molar refractivity (Wildman–Crippen MR) is 146 cm³/mol. The maximum Gasteiger partial charge on any atom is 0.242 e. The molecule has 0 aliphatic heterocycles. The Bertz CT molecular complexity index is 1200. The van der Waals surface area contributed by atoms with Crippen LogP contribution in [0.5, 0.6) is 0 Å². The van der Waals surface area contributed by atoms with Crippen LogP contribution in [0.3, 0.4) is 0 Å². The number of nitrogens with one attached hydrogen (secondary N) is 2. The summed E-state index contributed by atoms with van der Waals surface area (Å²) in [5.41, 5.74) is 5.38. The van der Waals surface area contributed by atoms with Gasteiger partial charge in [-0.15, -0.1) is 0 Å². The van der Waals surface area contributed by atoms with Gasteiger partial charge in [0.2, 0.25) is 5.91 Å². The van der Waals surface area contributed by atoms with Gasteiger partial charge in [0.15, 0.2) is 5.82 Å². The first-order valence-corrected chi connectivity index (χ1v) is 13.5. The smallest absolute Gasteiger partial charge is 0.242 e. The molecule has 198 valence electrons. The van der Waals surface area contributed by atoms with Crippen molar-refractivity contribution in [1.29, 1.82) is 0 Å². The summed E-state index contributed by atoms with van der Waals surface area (Å²) in [5.74, 6) is 0.317. The normalized spacial score (nSPS) is 17.2. The molecule has 1 aromatic heterocycles. The highest BCUT2D eigenvalue weighted by atomic mass is 19.1. The van der Waals surface area contributed by atoms with Crippen LogP contribution >= 0.6 is 0 Å². The molecule has 0 fully saturated rings. The fourth-order valence-corrected chi connectivity index (χ4v) is 5.25. The van der Waals surface area contributed by atoms with Gasteiger partial charge in [-0.3, -0.25) is 4.79 Å². The Labute approximate surface area is 220 Å². The van der Waals surface area contributed by atoms with Gasteiger partial charge >= 0.3 is 0 Å². The summed E-state index contributed by atoms with van der Waals surface area (Å²) in [6.45, 7) is 10.8. The van der Waals surface area contributed by atoms with Crippen molar-refractivity contribution in [2.75, 3.05) is 5.32 Å². The van der Waals surface area contributed by atoms with Crippen LogP contribution in [0.4, 0.5) is 10.2 Å². The van der Waals surface area contributed by atoms with Crippen molar-refractivity contribution < 1.29 is 13.7 Å². The number of aryl methyl sites for hydroxylation is 1. The van der Waals surface area contributed by atoms with E-state index >= 15 is 0 Å². The Morgan fingerprint density at radius 2 is 1.95 bits per heavy atom. The summed E-state index contributed by atoms with van der Waals surface area (Å²) >= 11 is 0. The van der Waals surface area contributed by atoms with Crippen LogP contribution in [-0.4, -0.2) is 23.1 Å². The fraction of sp³-hybridized carbons (Fsp3) is 0.484. The van der Waals surface area contributed by atoms with E-state index in [2.05, 4.69) is 74.7 Å². The molecule has 1 aliphatic rings. The number of rotatable bonds is 9. The van der Waals surface area contributed by atoms with E-state index < -0.39 is 0 Å². The minimum Gasteiger partial charge on any atom is -0.362 e. The van der Waals surface area contributed by atoms with Crippen LogP contribution in [0.15, 0.2) is 53.3 Å². The lowest BCUT2D eigenvalue weighted by Gasteiger charge is -2.29. The monoisotopic (exact) mass is 505 g/mol. The van der Waals surface area contributed by atoms with Gasteiger partial charge < -0.3 is 15.2 Å². The van der Waals surface area contributed by atoms with Crippen LogP contribution in [0.1, 0.15) is 87.6 Å².